The molecule has 0 saturated heterocycles. The molecule has 0 radical (unpaired) electrons. The lowest BCUT2D eigenvalue weighted by Gasteiger charge is -1.93. The van der Waals surface area contributed by atoms with Crippen LogP contribution in [0.25, 0.3) is 0 Å². The molecule has 1 unspecified atom stereocenters. The van der Waals surface area contributed by atoms with E-state index in [0.29, 0.717) is 5.71 Å². The van der Waals surface area contributed by atoms with Crippen LogP contribution < -0.4 is 0 Å². The maximum atomic E-state index is 10.3. The predicted molar refractivity (Wildman–Crippen MR) is 40.7 cm³/mol. The van der Waals surface area contributed by atoms with Crippen LogP contribution in [0.5, 0.6) is 0 Å². The Bertz CT molecular complexity index is 206. The Morgan fingerprint density at radius 2 is 2.30 bits per heavy atom. The van der Waals surface area contributed by atoms with E-state index in [1.54, 1.807) is 0 Å². The molecule has 0 aromatic rings. The SMILES string of the molecule is CCC1N=C(C)C(C=O)=N1. The van der Waals surface area contributed by atoms with E-state index in [0.717, 1.165) is 18.4 Å². The summed E-state index contributed by atoms with van der Waals surface area (Å²) in [5.74, 6) is 0. The van der Waals surface area contributed by atoms with E-state index in [4.69, 9.17) is 0 Å². The molecule has 0 aliphatic carbocycles. The number of carbonyl (C=O) groups is 1. The van der Waals surface area contributed by atoms with Crippen molar-refractivity contribution in [1.29, 1.82) is 0 Å². The zero-order chi connectivity index (χ0) is 7.56. The molecule has 1 aliphatic heterocycles. The second-order valence-electron chi connectivity index (χ2n) is 2.24. The Balaban J connectivity index is 2.78. The summed E-state index contributed by atoms with van der Waals surface area (Å²) in [6.07, 6.45) is 1.63. The second-order valence-corrected chi connectivity index (χ2v) is 2.24. The lowest BCUT2D eigenvalue weighted by Crippen LogP contribution is -2.06. The number of hydrogen-bond acceptors (Lipinski definition) is 3. The number of rotatable bonds is 2. The second kappa shape index (κ2) is 2.73. The van der Waals surface area contributed by atoms with Gasteiger partial charge < -0.3 is 0 Å². The molecule has 0 amide bonds. The Morgan fingerprint density at radius 1 is 1.60 bits per heavy atom. The molecule has 54 valence electrons. The van der Waals surface area contributed by atoms with E-state index in [1.807, 2.05) is 13.8 Å². The van der Waals surface area contributed by atoms with E-state index in [1.165, 1.54) is 0 Å². The molecule has 3 heteroatoms. The first-order chi connectivity index (χ1) is 4.77. The topological polar surface area (TPSA) is 41.8 Å². The zero-order valence-corrected chi connectivity index (χ0v) is 6.16. The molecule has 0 bridgehead atoms. The van der Waals surface area contributed by atoms with Crippen molar-refractivity contribution >= 4 is 17.7 Å². The standard InChI is InChI=1S/C7H10N2O/c1-3-7-8-5(2)6(4-10)9-7/h4,7H,3H2,1-2H3. The van der Waals surface area contributed by atoms with Crippen molar-refractivity contribution in [3.05, 3.63) is 0 Å². The van der Waals surface area contributed by atoms with Crippen LogP contribution in [0, 0.1) is 0 Å². The third kappa shape index (κ3) is 1.12. The Labute approximate surface area is 59.9 Å². The van der Waals surface area contributed by atoms with Crippen molar-refractivity contribution < 1.29 is 4.79 Å². The molecule has 1 heterocycles. The van der Waals surface area contributed by atoms with E-state index in [9.17, 15) is 4.79 Å². The van der Waals surface area contributed by atoms with Crippen molar-refractivity contribution in [3.8, 4) is 0 Å². The van der Waals surface area contributed by atoms with Crippen LogP contribution >= 0.6 is 0 Å². The van der Waals surface area contributed by atoms with Crippen molar-refractivity contribution in [3.63, 3.8) is 0 Å². The highest BCUT2D eigenvalue weighted by Gasteiger charge is 2.14. The van der Waals surface area contributed by atoms with Crippen molar-refractivity contribution in [2.75, 3.05) is 0 Å². The maximum absolute atomic E-state index is 10.3. The number of aldehydes is 1. The van der Waals surface area contributed by atoms with Gasteiger partial charge in [-0.25, -0.2) is 0 Å². The van der Waals surface area contributed by atoms with E-state index < -0.39 is 0 Å². The fourth-order valence-corrected chi connectivity index (χ4v) is 0.871. The van der Waals surface area contributed by atoms with Crippen LogP contribution in [0.2, 0.25) is 0 Å². The highest BCUT2D eigenvalue weighted by Crippen LogP contribution is 2.07. The van der Waals surface area contributed by atoms with Gasteiger partial charge in [-0.1, -0.05) is 6.92 Å². The van der Waals surface area contributed by atoms with E-state index in [-0.39, 0.29) is 6.17 Å². The molecular weight excluding hydrogens is 128 g/mol. The summed E-state index contributed by atoms with van der Waals surface area (Å²) in [4.78, 5) is 18.5. The smallest absolute Gasteiger partial charge is 0.169 e. The summed E-state index contributed by atoms with van der Waals surface area (Å²) in [6, 6.07) is 0. The first-order valence-corrected chi connectivity index (χ1v) is 3.35. The van der Waals surface area contributed by atoms with Crippen molar-refractivity contribution in [2.24, 2.45) is 9.98 Å². The van der Waals surface area contributed by atoms with E-state index in [2.05, 4.69) is 9.98 Å². The van der Waals surface area contributed by atoms with Gasteiger partial charge in [-0.05, 0) is 13.3 Å². The molecule has 0 aromatic carbocycles. The minimum atomic E-state index is 0.000185. The first kappa shape index (κ1) is 7.12. The lowest BCUT2D eigenvalue weighted by atomic mass is 10.3. The fourth-order valence-electron chi connectivity index (χ4n) is 0.871. The molecule has 0 fully saturated rings. The van der Waals surface area contributed by atoms with Gasteiger partial charge in [0.2, 0.25) is 0 Å². The Hall–Kier alpha value is -0.990. The Morgan fingerprint density at radius 3 is 2.60 bits per heavy atom. The molecule has 3 nitrogen and oxygen atoms in total. The third-order valence-electron chi connectivity index (χ3n) is 1.48. The summed E-state index contributed by atoms with van der Waals surface area (Å²) in [5, 5.41) is 0. The van der Waals surface area contributed by atoms with Gasteiger partial charge in [-0.15, -0.1) is 0 Å². The predicted octanol–water partition coefficient (Wildman–Crippen LogP) is 0.837. The molecule has 0 N–H and O–H groups in total. The normalized spacial score (nSPS) is 24.0. The van der Waals surface area contributed by atoms with Gasteiger partial charge in [0, 0.05) is 0 Å². The van der Waals surface area contributed by atoms with Gasteiger partial charge in [0.25, 0.3) is 0 Å². The molecule has 10 heavy (non-hydrogen) atoms. The minimum absolute atomic E-state index is 0.000185. The summed E-state index contributed by atoms with van der Waals surface area (Å²) in [6.45, 7) is 3.81. The minimum Gasteiger partial charge on any atom is -0.296 e. The number of aliphatic imine (C=N–C) groups is 2. The van der Waals surface area contributed by atoms with Gasteiger partial charge in [0.05, 0.1) is 5.71 Å². The van der Waals surface area contributed by atoms with E-state index >= 15 is 0 Å². The summed E-state index contributed by atoms with van der Waals surface area (Å²) in [7, 11) is 0. The highest BCUT2D eigenvalue weighted by atomic mass is 16.1. The van der Waals surface area contributed by atoms with Crippen molar-refractivity contribution in [2.45, 2.75) is 26.4 Å². The van der Waals surface area contributed by atoms with Crippen LogP contribution in [-0.2, 0) is 4.79 Å². The average Bonchev–Trinajstić information content (AvgIpc) is 2.30. The molecule has 0 spiro atoms. The summed E-state index contributed by atoms with van der Waals surface area (Å²) >= 11 is 0. The van der Waals surface area contributed by atoms with Crippen LogP contribution in [-0.4, -0.2) is 23.9 Å². The zero-order valence-electron chi connectivity index (χ0n) is 6.16. The average molecular weight is 138 g/mol. The largest absolute Gasteiger partial charge is 0.296 e. The quantitative estimate of drug-likeness (QED) is 0.521. The fraction of sp³-hybridized carbons (Fsp3) is 0.571. The molecule has 0 saturated carbocycles. The first-order valence-electron chi connectivity index (χ1n) is 3.35. The van der Waals surface area contributed by atoms with Gasteiger partial charge in [-0.3, -0.25) is 14.8 Å². The van der Waals surface area contributed by atoms with Crippen molar-refractivity contribution in [1.82, 2.24) is 0 Å². The summed E-state index contributed by atoms with van der Waals surface area (Å²) in [5.41, 5.74) is 1.27. The van der Waals surface area contributed by atoms with Gasteiger partial charge in [-0.2, -0.15) is 0 Å². The third-order valence-corrected chi connectivity index (χ3v) is 1.48. The van der Waals surface area contributed by atoms with Gasteiger partial charge >= 0.3 is 0 Å². The van der Waals surface area contributed by atoms with Crippen LogP contribution in [0.4, 0.5) is 0 Å². The lowest BCUT2D eigenvalue weighted by molar-refractivity contribution is -0.102. The van der Waals surface area contributed by atoms with Crippen LogP contribution in [0.15, 0.2) is 9.98 Å². The molecule has 1 atom stereocenters. The number of nitrogens with zero attached hydrogens (tertiary/aromatic N) is 2. The Kier molecular flexibility index (Phi) is 1.94. The number of carbonyl (C=O) groups excluding carboxylic acids is 1. The number of hydrogen-bond donors (Lipinski definition) is 0. The monoisotopic (exact) mass is 138 g/mol. The molecule has 1 rings (SSSR count). The van der Waals surface area contributed by atoms with Crippen LogP contribution in [0.3, 0.4) is 0 Å². The molecule has 1 aliphatic rings. The molecule has 0 aromatic heterocycles. The maximum Gasteiger partial charge on any atom is 0.169 e. The highest BCUT2D eigenvalue weighted by molar-refractivity contribution is 6.62. The molecular formula is C7H10N2O. The summed E-state index contributed by atoms with van der Waals surface area (Å²) < 4.78 is 0. The van der Waals surface area contributed by atoms with Gasteiger partial charge in [0.15, 0.2) is 6.29 Å². The van der Waals surface area contributed by atoms with Gasteiger partial charge in [0.1, 0.15) is 11.9 Å². The van der Waals surface area contributed by atoms with Crippen LogP contribution in [0.1, 0.15) is 20.3 Å².